The van der Waals surface area contributed by atoms with Gasteiger partial charge in [-0.3, -0.25) is 9.48 Å². The van der Waals surface area contributed by atoms with Crippen LogP contribution in [0.5, 0.6) is 0 Å². The first-order chi connectivity index (χ1) is 8.78. The van der Waals surface area contributed by atoms with Crippen LogP contribution in [0.15, 0.2) is 0 Å². The van der Waals surface area contributed by atoms with Gasteiger partial charge < -0.3 is 10.4 Å². The number of hydrogen-bond donors (Lipinski definition) is 2. The molecule has 0 bridgehead atoms. The van der Waals surface area contributed by atoms with Gasteiger partial charge in [0.25, 0.3) is 0 Å². The Morgan fingerprint density at radius 3 is 2.37 bits per heavy atom. The lowest BCUT2D eigenvalue weighted by molar-refractivity contribution is -0.143. The number of nitrogens with one attached hydrogen (secondary N) is 1. The quantitative estimate of drug-likeness (QED) is 0.846. The molecular formula is C13H19N3O3. The predicted octanol–water partition coefficient (Wildman–Crippen LogP) is 0.874. The first kappa shape index (κ1) is 13.6. The van der Waals surface area contributed by atoms with Gasteiger partial charge in [-0.25, -0.2) is 4.79 Å². The van der Waals surface area contributed by atoms with E-state index in [-0.39, 0.29) is 5.91 Å². The first-order valence-corrected chi connectivity index (χ1v) is 6.34. The van der Waals surface area contributed by atoms with Crippen LogP contribution in [0.1, 0.15) is 42.6 Å². The summed E-state index contributed by atoms with van der Waals surface area (Å²) in [5.41, 5.74) is 1.58. The second-order valence-corrected chi connectivity index (χ2v) is 5.31. The predicted molar refractivity (Wildman–Crippen MR) is 68.8 cm³/mol. The molecule has 1 fully saturated rings. The minimum Gasteiger partial charge on any atom is -0.480 e. The van der Waals surface area contributed by atoms with Crippen molar-refractivity contribution in [1.29, 1.82) is 0 Å². The van der Waals surface area contributed by atoms with Gasteiger partial charge in [0, 0.05) is 18.3 Å². The van der Waals surface area contributed by atoms with Crippen molar-refractivity contribution in [3.8, 4) is 0 Å². The van der Waals surface area contributed by atoms with Crippen LogP contribution in [-0.4, -0.2) is 32.3 Å². The molecule has 1 amide bonds. The molecule has 1 heterocycles. The Bertz CT molecular complexity index is 544. The summed E-state index contributed by atoms with van der Waals surface area (Å²) in [4.78, 5) is 23.3. The molecular weight excluding hydrogens is 246 g/mol. The molecule has 1 aromatic heterocycles. The van der Waals surface area contributed by atoms with Crippen LogP contribution in [0.3, 0.4) is 0 Å². The van der Waals surface area contributed by atoms with E-state index < -0.39 is 17.4 Å². The standard InChI is InChI=1S/C13H19N3O3/c1-7(10-8(2)15-16(4)9(10)3)11(17)14-13(5-6-13)12(18)19/h7H,5-6H2,1-4H3,(H,14,17)(H,18,19). The highest BCUT2D eigenvalue weighted by Crippen LogP contribution is 2.36. The number of aryl methyl sites for hydroxylation is 2. The Labute approximate surface area is 111 Å². The average Bonchev–Trinajstić information content (AvgIpc) is 3.04. The molecule has 1 aliphatic carbocycles. The minimum absolute atomic E-state index is 0.251. The highest BCUT2D eigenvalue weighted by molar-refractivity contribution is 5.92. The van der Waals surface area contributed by atoms with Crippen LogP contribution in [0, 0.1) is 13.8 Å². The van der Waals surface area contributed by atoms with E-state index in [0.29, 0.717) is 12.8 Å². The number of carboxylic acids is 1. The third-order valence-electron chi connectivity index (χ3n) is 3.91. The van der Waals surface area contributed by atoms with Crippen molar-refractivity contribution in [2.75, 3.05) is 0 Å². The summed E-state index contributed by atoms with van der Waals surface area (Å²) in [7, 11) is 1.83. The van der Waals surface area contributed by atoms with E-state index in [0.717, 1.165) is 17.0 Å². The highest BCUT2D eigenvalue weighted by atomic mass is 16.4. The largest absolute Gasteiger partial charge is 0.480 e. The van der Waals surface area contributed by atoms with Gasteiger partial charge in [-0.1, -0.05) is 0 Å². The van der Waals surface area contributed by atoms with Crippen LogP contribution >= 0.6 is 0 Å². The average molecular weight is 265 g/mol. The number of carbonyl (C=O) groups is 2. The molecule has 2 rings (SSSR count). The lowest BCUT2D eigenvalue weighted by Crippen LogP contribution is -2.44. The van der Waals surface area contributed by atoms with Crippen molar-refractivity contribution in [3.63, 3.8) is 0 Å². The number of aromatic nitrogens is 2. The van der Waals surface area contributed by atoms with Crippen molar-refractivity contribution >= 4 is 11.9 Å². The number of carboxylic acid groups (broad SMARTS) is 1. The van der Waals surface area contributed by atoms with Gasteiger partial charge in [0.1, 0.15) is 5.54 Å². The van der Waals surface area contributed by atoms with E-state index in [2.05, 4.69) is 10.4 Å². The van der Waals surface area contributed by atoms with Crippen molar-refractivity contribution < 1.29 is 14.7 Å². The van der Waals surface area contributed by atoms with Crippen LogP contribution in [0.2, 0.25) is 0 Å². The van der Waals surface area contributed by atoms with E-state index in [1.54, 1.807) is 11.6 Å². The monoisotopic (exact) mass is 265 g/mol. The fourth-order valence-corrected chi connectivity index (χ4v) is 2.41. The molecule has 6 heteroatoms. The van der Waals surface area contributed by atoms with E-state index in [9.17, 15) is 9.59 Å². The molecule has 0 aromatic carbocycles. The van der Waals surface area contributed by atoms with Gasteiger partial charge in [0.2, 0.25) is 5.91 Å². The van der Waals surface area contributed by atoms with Gasteiger partial charge in [-0.15, -0.1) is 0 Å². The maximum atomic E-state index is 12.2. The van der Waals surface area contributed by atoms with Crippen molar-refractivity contribution in [3.05, 3.63) is 17.0 Å². The van der Waals surface area contributed by atoms with Gasteiger partial charge >= 0.3 is 5.97 Å². The maximum Gasteiger partial charge on any atom is 0.329 e. The molecule has 1 aromatic rings. The summed E-state index contributed by atoms with van der Waals surface area (Å²) in [5.74, 6) is -1.60. The first-order valence-electron chi connectivity index (χ1n) is 6.34. The van der Waals surface area contributed by atoms with Crippen molar-refractivity contribution in [1.82, 2.24) is 15.1 Å². The summed E-state index contributed by atoms with van der Waals surface area (Å²) < 4.78 is 1.73. The molecule has 0 spiro atoms. The second kappa shape index (κ2) is 4.36. The van der Waals surface area contributed by atoms with Crippen molar-refractivity contribution in [2.24, 2.45) is 7.05 Å². The molecule has 0 saturated heterocycles. The number of hydrogen-bond acceptors (Lipinski definition) is 3. The molecule has 2 N–H and O–H groups in total. The number of rotatable bonds is 4. The Hall–Kier alpha value is -1.85. The summed E-state index contributed by atoms with van der Waals surface area (Å²) in [6.45, 7) is 5.55. The zero-order chi connectivity index (χ0) is 14.4. The minimum atomic E-state index is -1.03. The second-order valence-electron chi connectivity index (χ2n) is 5.31. The number of amides is 1. The van der Waals surface area contributed by atoms with Gasteiger partial charge in [-0.05, 0) is 33.6 Å². The van der Waals surface area contributed by atoms with Crippen LogP contribution in [0.25, 0.3) is 0 Å². The van der Waals surface area contributed by atoms with Crippen molar-refractivity contribution in [2.45, 2.75) is 45.1 Å². The highest BCUT2D eigenvalue weighted by Gasteiger charge is 2.52. The molecule has 0 aliphatic heterocycles. The van der Waals surface area contributed by atoms with E-state index >= 15 is 0 Å². The summed E-state index contributed by atoms with van der Waals surface area (Å²) >= 11 is 0. The molecule has 1 atom stereocenters. The zero-order valence-electron chi connectivity index (χ0n) is 11.6. The maximum absolute atomic E-state index is 12.2. The lowest BCUT2D eigenvalue weighted by Gasteiger charge is -2.17. The summed E-state index contributed by atoms with van der Waals surface area (Å²) in [5, 5.41) is 16.0. The summed E-state index contributed by atoms with van der Waals surface area (Å²) in [6, 6.07) is 0. The van der Waals surface area contributed by atoms with Crippen LogP contribution in [0.4, 0.5) is 0 Å². The SMILES string of the molecule is Cc1nn(C)c(C)c1C(C)C(=O)NC1(C(=O)O)CC1. The van der Waals surface area contributed by atoms with Gasteiger partial charge in [-0.2, -0.15) is 5.10 Å². The molecule has 1 saturated carbocycles. The lowest BCUT2D eigenvalue weighted by atomic mass is 9.97. The molecule has 1 unspecified atom stereocenters. The van der Waals surface area contributed by atoms with Crippen LogP contribution in [-0.2, 0) is 16.6 Å². The molecule has 6 nitrogen and oxygen atoms in total. The van der Waals surface area contributed by atoms with Crippen LogP contribution < -0.4 is 5.32 Å². The molecule has 104 valence electrons. The Morgan fingerprint density at radius 2 is 2.00 bits per heavy atom. The van der Waals surface area contributed by atoms with E-state index in [4.69, 9.17) is 5.11 Å². The fourth-order valence-electron chi connectivity index (χ4n) is 2.41. The molecule has 1 aliphatic rings. The molecule has 0 radical (unpaired) electrons. The molecule has 19 heavy (non-hydrogen) atoms. The summed E-state index contributed by atoms with van der Waals surface area (Å²) in [6.07, 6.45) is 1.01. The normalized spacial score (nSPS) is 17.9. The van der Waals surface area contributed by atoms with E-state index in [1.807, 2.05) is 20.9 Å². The number of nitrogens with zero attached hydrogens (tertiary/aromatic N) is 2. The Balaban J connectivity index is 2.18. The third-order valence-corrected chi connectivity index (χ3v) is 3.91. The number of aliphatic carboxylic acids is 1. The topological polar surface area (TPSA) is 84.2 Å². The zero-order valence-corrected chi connectivity index (χ0v) is 11.6. The Morgan fingerprint density at radius 1 is 1.42 bits per heavy atom. The Kier molecular flexibility index (Phi) is 3.12. The smallest absolute Gasteiger partial charge is 0.329 e. The van der Waals surface area contributed by atoms with Gasteiger partial charge in [0.15, 0.2) is 0 Å². The third kappa shape index (κ3) is 2.22. The fraction of sp³-hybridized carbons (Fsp3) is 0.615. The van der Waals surface area contributed by atoms with E-state index in [1.165, 1.54) is 0 Å². The number of carbonyl (C=O) groups excluding carboxylic acids is 1. The van der Waals surface area contributed by atoms with Gasteiger partial charge in [0.05, 0.1) is 11.6 Å².